The Morgan fingerprint density at radius 1 is 0.909 bits per heavy atom. The molecule has 4 aromatic rings. The van der Waals surface area contributed by atoms with E-state index in [1.807, 2.05) is 0 Å². The van der Waals surface area contributed by atoms with Gasteiger partial charge in [-0.05, 0) is 43.3 Å². The number of imide groups is 1. The summed E-state index contributed by atoms with van der Waals surface area (Å²) in [4.78, 5) is 38.2. The van der Waals surface area contributed by atoms with Crippen molar-refractivity contribution in [2.24, 2.45) is 0 Å². The Hall–Kier alpha value is -4.53. The number of carbonyl (C=O) groups excluding carboxylic acids is 3. The normalized spacial score (nSPS) is 10.8. The number of aromatic hydroxyl groups is 1. The van der Waals surface area contributed by atoms with Crippen molar-refractivity contribution in [3.8, 4) is 5.88 Å². The van der Waals surface area contributed by atoms with E-state index in [9.17, 15) is 28.3 Å². The largest absolute Gasteiger partial charge is 0.494 e. The number of benzene rings is 3. The number of hydrogen-bond acceptors (Lipinski definition) is 4. The van der Waals surface area contributed by atoms with Crippen LogP contribution in [0.15, 0.2) is 66.7 Å². The summed E-state index contributed by atoms with van der Waals surface area (Å²) in [6.07, 6.45) is 0. The van der Waals surface area contributed by atoms with Gasteiger partial charge in [-0.3, -0.25) is 14.9 Å². The number of nitrogens with zero attached hydrogens (tertiary/aromatic N) is 1. The Morgan fingerprint density at radius 3 is 2.33 bits per heavy atom. The second-order valence-corrected chi connectivity index (χ2v) is 7.26. The Labute approximate surface area is 186 Å². The molecular weight excluding hydrogens is 432 g/mol. The van der Waals surface area contributed by atoms with Crippen LogP contribution in [0.2, 0.25) is 0 Å². The minimum atomic E-state index is -1.01. The third-order valence-corrected chi connectivity index (χ3v) is 4.96. The van der Waals surface area contributed by atoms with Crippen LogP contribution in [-0.2, 0) is 0 Å². The Morgan fingerprint density at radius 2 is 1.64 bits per heavy atom. The van der Waals surface area contributed by atoms with Gasteiger partial charge in [-0.25, -0.2) is 18.1 Å². The van der Waals surface area contributed by atoms with Gasteiger partial charge in [0.1, 0.15) is 17.2 Å². The summed E-state index contributed by atoms with van der Waals surface area (Å²) in [7, 11) is 0. The fourth-order valence-electron chi connectivity index (χ4n) is 3.41. The van der Waals surface area contributed by atoms with Crippen LogP contribution < -0.4 is 10.6 Å². The molecule has 0 aliphatic heterocycles. The van der Waals surface area contributed by atoms with E-state index in [4.69, 9.17) is 0 Å². The predicted molar refractivity (Wildman–Crippen MR) is 117 cm³/mol. The van der Waals surface area contributed by atoms with Crippen molar-refractivity contribution >= 4 is 34.4 Å². The molecule has 0 fully saturated rings. The van der Waals surface area contributed by atoms with E-state index < -0.39 is 35.4 Å². The quantitative estimate of drug-likeness (QED) is 0.426. The first kappa shape index (κ1) is 21.7. The summed E-state index contributed by atoms with van der Waals surface area (Å²) in [6.45, 7) is 1.74. The van der Waals surface area contributed by atoms with Gasteiger partial charge in [0.05, 0.1) is 11.2 Å². The van der Waals surface area contributed by atoms with Crippen molar-refractivity contribution in [3.05, 3.63) is 95.1 Å². The van der Waals surface area contributed by atoms with E-state index >= 15 is 0 Å². The monoisotopic (exact) mass is 449 g/mol. The molecule has 0 aliphatic rings. The van der Waals surface area contributed by atoms with Crippen molar-refractivity contribution in [2.75, 3.05) is 5.32 Å². The summed E-state index contributed by atoms with van der Waals surface area (Å²) in [5.74, 6) is -4.19. The van der Waals surface area contributed by atoms with E-state index in [1.54, 1.807) is 37.3 Å². The Kier molecular flexibility index (Phi) is 5.61. The number of fused-ring (bicyclic) bond motifs is 1. The molecule has 33 heavy (non-hydrogen) atoms. The van der Waals surface area contributed by atoms with Crippen molar-refractivity contribution < 1.29 is 28.3 Å². The number of amides is 3. The van der Waals surface area contributed by atoms with Crippen LogP contribution in [0, 0.1) is 18.6 Å². The fraction of sp³-hybridized carbons (Fsp3) is 0.0417. The van der Waals surface area contributed by atoms with Crippen molar-refractivity contribution in [1.82, 2.24) is 9.88 Å². The average molecular weight is 449 g/mol. The van der Waals surface area contributed by atoms with Gasteiger partial charge in [0.15, 0.2) is 0 Å². The zero-order valence-electron chi connectivity index (χ0n) is 17.2. The number of hydrogen-bond donors (Lipinski definition) is 3. The fourth-order valence-corrected chi connectivity index (χ4v) is 3.41. The molecule has 3 aromatic carbocycles. The third-order valence-electron chi connectivity index (χ3n) is 4.96. The van der Waals surface area contributed by atoms with Gasteiger partial charge in [-0.15, -0.1) is 0 Å². The lowest BCUT2D eigenvalue weighted by molar-refractivity contribution is 0.0963. The van der Waals surface area contributed by atoms with E-state index in [2.05, 4.69) is 10.6 Å². The molecule has 166 valence electrons. The summed E-state index contributed by atoms with van der Waals surface area (Å²) < 4.78 is 28.0. The summed E-state index contributed by atoms with van der Waals surface area (Å²) in [5, 5.41) is 15.4. The van der Waals surface area contributed by atoms with Crippen molar-refractivity contribution in [1.29, 1.82) is 0 Å². The van der Waals surface area contributed by atoms with Crippen molar-refractivity contribution in [2.45, 2.75) is 6.92 Å². The molecule has 0 radical (unpaired) electrons. The number of nitrogens with one attached hydrogen (secondary N) is 2. The molecular formula is C24H17F2N3O4. The zero-order valence-corrected chi connectivity index (χ0v) is 17.2. The first-order valence-corrected chi connectivity index (χ1v) is 9.77. The number of anilines is 1. The van der Waals surface area contributed by atoms with E-state index in [0.717, 1.165) is 22.3 Å². The molecule has 0 unspecified atom stereocenters. The molecule has 0 atom stereocenters. The second-order valence-electron chi connectivity index (χ2n) is 7.26. The first-order valence-electron chi connectivity index (χ1n) is 9.77. The van der Waals surface area contributed by atoms with E-state index in [0.29, 0.717) is 6.07 Å². The lowest BCUT2D eigenvalue weighted by atomic mass is 10.1. The van der Waals surface area contributed by atoms with Crippen LogP contribution in [0.1, 0.15) is 26.3 Å². The molecule has 1 aromatic heterocycles. The van der Waals surface area contributed by atoms with E-state index in [1.165, 1.54) is 18.2 Å². The van der Waals surface area contributed by atoms with Crippen LogP contribution in [0.5, 0.6) is 5.88 Å². The highest BCUT2D eigenvalue weighted by Crippen LogP contribution is 2.33. The van der Waals surface area contributed by atoms with Gasteiger partial charge in [-0.2, -0.15) is 0 Å². The maximum Gasteiger partial charge on any atom is 0.335 e. The van der Waals surface area contributed by atoms with Crippen LogP contribution in [0.3, 0.4) is 0 Å². The highest BCUT2D eigenvalue weighted by Gasteiger charge is 2.27. The molecule has 1 heterocycles. The summed E-state index contributed by atoms with van der Waals surface area (Å²) >= 11 is 0. The van der Waals surface area contributed by atoms with Gasteiger partial charge < -0.3 is 10.4 Å². The molecule has 4 rings (SSSR count). The maximum atomic E-state index is 14.0. The van der Waals surface area contributed by atoms with Crippen LogP contribution >= 0.6 is 0 Å². The predicted octanol–water partition coefficient (Wildman–Crippen LogP) is 4.58. The molecule has 7 nitrogen and oxygen atoms in total. The SMILES string of the molecule is Cc1ccc2c(c1)c(C(=O)Nc1ccc(F)cc1F)c(O)n2C(=O)NC(=O)c1ccccc1. The van der Waals surface area contributed by atoms with Crippen molar-refractivity contribution in [3.63, 3.8) is 0 Å². The standard InChI is InChI=1S/C24H17F2N3O4/c1-13-7-10-19-16(11-13)20(22(31)27-18-9-8-15(25)12-17(18)26)23(32)29(19)24(33)28-21(30)14-5-3-2-4-6-14/h2-12,32H,1H3,(H,27,31)(H,28,30,33). The molecule has 0 spiro atoms. The first-order chi connectivity index (χ1) is 15.8. The maximum absolute atomic E-state index is 14.0. The van der Waals surface area contributed by atoms with Crippen LogP contribution in [0.25, 0.3) is 10.9 Å². The van der Waals surface area contributed by atoms with Gasteiger partial charge in [-0.1, -0.05) is 29.8 Å². The lowest BCUT2D eigenvalue weighted by Crippen LogP contribution is -2.34. The minimum absolute atomic E-state index is 0.154. The third kappa shape index (κ3) is 4.16. The highest BCUT2D eigenvalue weighted by molar-refractivity contribution is 6.18. The van der Waals surface area contributed by atoms with Gasteiger partial charge in [0.2, 0.25) is 5.88 Å². The van der Waals surface area contributed by atoms with Crippen LogP contribution in [0.4, 0.5) is 19.3 Å². The number of rotatable bonds is 3. The number of aromatic nitrogens is 1. The molecule has 9 heteroatoms. The Bertz CT molecular complexity index is 1410. The lowest BCUT2D eigenvalue weighted by Gasteiger charge is -2.08. The summed E-state index contributed by atoms with van der Waals surface area (Å²) in [5.41, 5.74) is 0.490. The minimum Gasteiger partial charge on any atom is -0.494 e. The summed E-state index contributed by atoms with van der Waals surface area (Å²) in [6, 6.07) is 14.3. The van der Waals surface area contributed by atoms with Gasteiger partial charge in [0.25, 0.3) is 11.8 Å². The van der Waals surface area contributed by atoms with Gasteiger partial charge in [0, 0.05) is 17.0 Å². The highest BCUT2D eigenvalue weighted by atomic mass is 19.1. The Balaban J connectivity index is 1.74. The second kappa shape index (κ2) is 8.54. The number of carbonyl (C=O) groups is 3. The average Bonchev–Trinajstić information content (AvgIpc) is 3.07. The number of halogens is 2. The topological polar surface area (TPSA) is 100 Å². The van der Waals surface area contributed by atoms with Gasteiger partial charge >= 0.3 is 6.03 Å². The molecule has 0 aliphatic carbocycles. The molecule has 0 bridgehead atoms. The smallest absolute Gasteiger partial charge is 0.335 e. The molecule has 3 amide bonds. The van der Waals surface area contributed by atoms with Crippen LogP contribution in [-0.4, -0.2) is 27.5 Å². The number of aryl methyl sites for hydroxylation is 1. The molecule has 0 saturated carbocycles. The molecule has 0 saturated heterocycles. The molecule has 3 N–H and O–H groups in total. The van der Waals surface area contributed by atoms with E-state index in [-0.39, 0.29) is 27.7 Å². The zero-order chi connectivity index (χ0) is 23.7.